The second-order valence-electron chi connectivity index (χ2n) is 7.25. The maximum atomic E-state index is 9.48. The van der Waals surface area contributed by atoms with Crippen LogP contribution in [0.1, 0.15) is 17.4 Å². The summed E-state index contributed by atoms with van der Waals surface area (Å²) in [5, 5.41) is 13.5. The normalized spacial score (nSPS) is 15.8. The lowest BCUT2D eigenvalue weighted by atomic mass is 9.85. The Balaban J connectivity index is 1.81. The van der Waals surface area contributed by atoms with E-state index in [4.69, 9.17) is 16.3 Å². The lowest BCUT2D eigenvalue weighted by molar-refractivity contribution is 0.102. The minimum absolute atomic E-state index is 0.0176. The largest absolute Gasteiger partial charge is 0.492 e. The number of hydrogen-bond donors (Lipinski definition) is 2. The number of aliphatic hydroxyl groups excluding tert-OH is 1. The number of hydrogen-bond acceptors (Lipinski definition) is 5. The van der Waals surface area contributed by atoms with Gasteiger partial charge < -0.3 is 15.2 Å². The van der Waals surface area contributed by atoms with Crippen LogP contribution >= 0.6 is 22.9 Å². The SMILES string of the molecule is Cc1cc(Cl)cc(-c2ccnc3cc(CO)sc23)c1OCC1(C)CNC1. The molecule has 1 aliphatic rings. The molecule has 1 aromatic carbocycles. The van der Waals surface area contributed by atoms with Crippen molar-refractivity contribution in [3.05, 3.63) is 45.9 Å². The van der Waals surface area contributed by atoms with Crippen LogP contribution in [-0.4, -0.2) is 29.8 Å². The second kappa shape index (κ2) is 6.82. The van der Waals surface area contributed by atoms with E-state index in [2.05, 4.69) is 17.2 Å². The van der Waals surface area contributed by atoms with Crippen LogP contribution in [0.2, 0.25) is 5.02 Å². The third kappa shape index (κ3) is 3.21. The van der Waals surface area contributed by atoms with Crippen LogP contribution in [0.4, 0.5) is 0 Å². The molecule has 0 aliphatic carbocycles. The van der Waals surface area contributed by atoms with Gasteiger partial charge in [0.1, 0.15) is 5.75 Å². The molecule has 1 aliphatic heterocycles. The minimum atomic E-state index is 0.0176. The molecule has 136 valence electrons. The third-order valence-corrected chi connectivity index (χ3v) is 6.18. The van der Waals surface area contributed by atoms with Gasteiger partial charge in [-0.2, -0.15) is 0 Å². The molecule has 2 aromatic heterocycles. The van der Waals surface area contributed by atoms with Crippen LogP contribution in [0, 0.1) is 12.3 Å². The monoisotopic (exact) mass is 388 g/mol. The van der Waals surface area contributed by atoms with E-state index in [9.17, 15) is 5.11 Å². The number of fused-ring (bicyclic) bond motifs is 1. The number of thiophene rings is 1. The molecule has 3 heterocycles. The van der Waals surface area contributed by atoms with Crippen molar-refractivity contribution >= 4 is 33.2 Å². The Kier molecular flexibility index (Phi) is 4.65. The zero-order chi connectivity index (χ0) is 18.3. The topological polar surface area (TPSA) is 54.4 Å². The summed E-state index contributed by atoms with van der Waals surface area (Å²) in [6, 6.07) is 7.82. The van der Waals surface area contributed by atoms with Gasteiger partial charge >= 0.3 is 0 Å². The first-order chi connectivity index (χ1) is 12.5. The maximum Gasteiger partial charge on any atom is 0.130 e. The highest BCUT2D eigenvalue weighted by Gasteiger charge is 2.33. The smallest absolute Gasteiger partial charge is 0.130 e. The van der Waals surface area contributed by atoms with Crippen LogP contribution < -0.4 is 10.1 Å². The number of aryl methyl sites for hydroxylation is 1. The Labute approximate surface area is 161 Å². The summed E-state index contributed by atoms with van der Waals surface area (Å²) in [7, 11) is 0. The van der Waals surface area contributed by atoms with E-state index >= 15 is 0 Å². The molecule has 0 saturated carbocycles. The molecule has 3 aromatic rings. The van der Waals surface area contributed by atoms with E-state index in [1.165, 1.54) is 0 Å². The second-order valence-corrected chi connectivity index (χ2v) is 8.82. The molecule has 2 N–H and O–H groups in total. The van der Waals surface area contributed by atoms with Crippen LogP contribution in [0.25, 0.3) is 21.3 Å². The van der Waals surface area contributed by atoms with Crippen molar-refractivity contribution < 1.29 is 9.84 Å². The van der Waals surface area contributed by atoms with Crippen LogP contribution in [-0.2, 0) is 6.61 Å². The zero-order valence-corrected chi connectivity index (χ0v) is 16.4. The van der Waals surface area contributed by atoms with Gasteiger partial charge in [0.15, 0.2) is 0 Å². The molecule has 1 fully saturated rings. The molecule has 0 amide bonds. The first-order valence-corrected chi connectivity index (χ1v) is 9.81. The van der Waals surface area contributed by atoms with Crippen molar-refractivity contribution in [2.75, 3.05) is 19.7 Å². The van der Waals surface area contributed by atoms with E-state index < -0.39 is 0 Å². The van der Waals surface area contributed by atoms with Crippen LogP contribution in [0.3, 0.4) is 0 Å². The Morgan fingerprint density at radius 2 is 2.12 bits per heavy atom. The number of rotatable bonds is 5. The van der Waals surface area contributed by atoms with Crippen molar-refractivity contribution in [3.63, 3.8) is 0 Å². The number of ether oxygens (including phenoxy) is 1. The van der Waals surface area contributed by atoms with Crippen molar-refractivity contribution in [1.29, 1.82) is 0 Å². The summed E-state index contributed by atoms with van der Waals surface area (Å²) >= 11 is 7.92. The van der Waals surface area contributed by atoms with Crippen molar-refractivity contribution in [1.82, 2.24) is 10.3 Å². The number of benzene rings is 1. The zero-order valence-electron chi connectivity index (χ0n) is 14.8. The summed E-state index contributed by atoms with van der Waals surface area (Å²) in [5.41, 5.74) is 4.09. The van der Waals surface area contributed by atoms with E-state index in [0.29, 0.717) is 11.6 Å². The minimum Gasteiger partial charge on any atom is -0.492 e. The molecule has 26 heavy (non-hydrogen) atoms. The first-order valence-electron chi connectivity index (χ1n) is 8.61. The van der Waals surface area contributed by atoms with E-state index in [-0.39, 0.29) is 12.0 Å². The molecular weight excluding hydrogens is 368 g/mol. The van der Waals surface area contributed by atoms with Gasteiger partial charge in [-0.3, -0.25) is 4.98 Å². The molecule has 0 bridgehead atoms. The van der Waals surface area contributed by atoms with Gasteiger partial charge in [0.05, 0.1) is 23.4 Å². The highest BCUT2D eigenvalue weighted by Crippen LogP contribution is 2.41. The summed E-state index contributed by atoms with van der Waals surface area (Å²) in [6.45, 7) is 6.88. The first kappa shape index (κ1) is 17.7. The van der Waals surface area contributed by atoms with Crippen LogP contribution in [0.15, 0.2) is 30.5 Å². The quantitative estimate of drug-likeness (QED) is 0.680. The third-order valence-electron chi connectivity index (χ3n) is 4.82. The van der Waals surface area contributed by atoms with Gasteiger partial charge in [0.25, 0.3) is 0 Å². The Hall–Kier alpha value is -1.66. The van der Waals surface area contributed by atoms with Gasteiger partial charge in [-0.1, -0.05) is 18.5 Å². The molecule has 4 nitrogen and oxygen atoms in total. The Morgan fingerprint density at radius 3 is 2.81 bits per heavy atom. The summed E-state index contributed by atoms with van der Waals surface area (Å²) in [4.78, 5) is 5.33. The molecular formula is C20H21ClN2O2S. The summed E-state index contributed by atoms with van der Waals surface area (Å²) in [6.07, 6.45) is 1.79. The number of halogens is 1. The molecule has 0 radical (unpaired) electrons. The molecule has 6 heteroatoms. The average molecular weight is 389 g/mol. The molecule has 0 spiro atoms. The number of aromatic nitrogens is 1. The number of aliphatic hydroxyl groups is 1. The standard InChI is InChI=1S/C20H21ClN2O2S/c1-12-5-13(21)6-16(18(12)25-11-20(2)9-22-10-20)15-3-4-23-17-7-14(8-24)26-19(15)17/h3-7,22,24H,8-11H2,1-2H3. The van der Waals surface area contributed by atoms with Gasteiger partial charge in [-0.05, 0) is 36.8 Å². The molecule has 0 atom stereocenters. The predicted octanol–water partition coefficient (Wildman–Crippen LogP) is 4.41. The Morgan fingerprint density at radius 1 is 1.31 bits per heavy atom. The van der Waals surface area contributed by atoms with Crippen molar-refractivity contribution in [3.8, 4) is 16.9 Å². The average Bonchev–Trinajstić information content (AvgIpc) is 3.02. The predicted molar refractivity (Wildman–Crippen MR) is 107 cm³/mol. The molecule has 0 unspecified atom stereocenters. The molecule has 4 rings (SSSR count). The number of nitrogens with zero attached hydrogens (tertiary/aromatic N) is 1. The van der Waals surface area contributed by atoms with Gasteiger partial charge in [-0.25, -0.2) is 0 Å². The fourth-order valence-electron chi connectivity index (χ4n) is 3.30. The van der Waals surface area contributed by atoms with E-state index in [1.54, 1.807) is 17.5 Å². The maximum absolute atomic E-state index is 9.48. The Bertz CT molecular complexity index is 966. The lowest BCUT2D eigenvalue weighted by Gasteiger charge is -2.39. The van der Waals surface area contributed by atoms with Gasteiger partial charge in [-0.15, -0.1) is 11.3 Å². The van der Waals surface area contributed by atoms with E-state index in [1.807, 2.05) is 31.2 Å². The van der Waals surface area contributed by atoms with Gasteiger partial charge in [0, 0.05) is 45.7 Å². The fourth-order valence-corrected chi connectivity index (χ4v) is 4.57. The summed E-state index contributed by atoms with van der Waals surface area (Å²) in [5.74, 6) is 0.869. The van der Waals surface area contributed by atoms with Gasteiger partial charge in [0.2, 0.25) is 0 Å². The highest BCUT2D eigenvalue weighted by molar-refractivity contribution is 7.19. The number of pyridine rings is 1. The van der Waals surface area contributed by atoms with Crippen molar-refractivity contribution in [2.24, 2.45) is 5.41 Å². The molecule has 1 saturated heterocycles. The fraction of sp³-hybridized carbons (Fsp3) is 0.350. The summed E-state index contributed by atoms with van der Waals surface area (Å²) < 4.78 is 7.34. The lowest BCUT2D eigenvalue weighted by Crippen LogP contribution is -2.54. The van der Waals surface area contributed by atoms with Crippen molar-refractivity contribution in [2.45, 2.75) is 20.5 Å². The number of nitrogens with one attached hydrogen (secondary N) is 1. The highest BCUT2D eigenvalue weighted by atomic mass is 35.5. The van der Waals surface area contributed by atoms with Crippen LogP contribution in [0.5, 0.6) is 5.75 Å². The van der Waals surface area contributed by atoms with E-state index in [0.717, 1.165) is 50.6 Å².